The van der Waals surface area contributed by atoms with Gasteiger partial charge in [0.1, 0.15) is 6.04 Å². The minimum Gasteiger partial charge on any atom is -0.373 e. The Morgan fingerprint density at radius 1 is 1.22 bits per heavy atom. The molecule has 1 fully saturated rings. The number of nitrogens with zero attached hydrogens (tertiary/aromatic N) is 1. The molecule has 4 heteroatoms. The number of hydrogen-bond donors (Lipinski definition) is 1. The van der Waals surface area contributed by atoms with Crippen molar-refractivity contribution in [2.75, 3.05) is 12.4 Å². The molecule has 0 bridgehead atoms. The highest BCUT2D eigenvalue weighted by Crippen LogP contribution is 2.26. The summed E-state index contributed by atoms with van der Waals surface area (Å²) in [4.78, 5) is 24.4. The van der Waals surface area contributed by atoms with Gasteiger partial charge in [-0.3, -0.25) is 14.5 Å². The van der Waals surface area contributed by atoms with Gasteiger partial charge in [-0.1, -0.05) is 6.07 Å². The normalized spacial score (nSPS) is 22.5. The van der Waals surface area contributed by atoms with Crippen LogP contribution in [0.4, 0.5) is 5.69 Å². The van der Waals surface area contributed by atoms with Gasteiger partial charge in [0.25, 0.3) is 5.91 Å². The maximum Gasteiger partial charge on any atom is 0.251 e. The minimum atomic E-state index is -0.401. The highest BCUT2D eigenvalue weighted by molar-refractivity contribution is 6.06. The van der Waals surface area contributed by atoms with Gasteiger partial charge >= 0.3 is 0 Å². The molecule has 1 heterocycles. The van der Waals surface area contributed by atoms with E-state index in [-0.39, 0.29) is 18.2 Å². The van der Waals surface area contributed by atoms with Crippen molar-refractivity contribution in [2.24, 2.45) is 0 Å². The summed E-state index contributed by atoms with van der Waals surface area (Å²) >= 11 is 0. The summed E-state index contributed by atoms with van der Waals surface area (Å²) in [5.41, 5.74) is 3.72. The van der Waals surface area contributed by atoms with Gasteiger partial charge in [-0.2, -0.15) is 0 Å². The van der Waals surface area contributed by atoms with Crippen molar-refractivity contribution < 1.29 is 9.59 Å². The van der Waals surface area contributed by atoms with E-state index in [1.54, 1.807) is 0 Å². The molecule has 0 radical (unpaired) electrons. The lowest BCUT2D eigenvalue weighted by molar-refractivity contribution is -0.136. The maximum atomic E-state index is 11.8. The highest BCUT2D eigenvalue weighted by Gasteiger charge is 2.35. The smallest absolute Gasteiger partial charge is 0.251 e. The number of nitrogens with one attached hydrogen (secondary N) is 1. The first-order valence-electron chi connectivity index (χ1n) is 6.34. The summed E-state index contributed by atoms with van der Waals surface area (Å²) in [6.07, 6.45) is 3.73. The van der Waals surface area contributed by atoms with Gasteiger partial charge in [-0.25, -0.2) is 0 Å². The molecule has 18 heavy (non-hydrogen) atoms. The van der Waals surface area contributed by atoms with E-state index in [1.807, 2.05) is 6.07 Å². The third-order valence-corrected chi connectivity index (χ3v) is 3.82. The third kappa shape index (κ3) is 1.78. The van der Waals surface area contributed by atoms with Crippen molar-refractivity contribution in [3.05, 3.63) is 29.3 Å². The zero-order chi connectivity index (χ0) is 12.7. The lowest BCUT2D eigenvalue weighted by atomic mass is 10.1. The second-order valence-electron chi connectivity index (χ2n) is 5.03. The van der Waals surface area contributed by atoms with Crippen molar-refractivity contribution in [3.63, 3.8) is 0 Å². The van der Waals surface area contributed by atoms with Gasteiger partial charge in [0.05, 0.1) is 6.42 Å². The molecular formula is C14H16N2O2. The summed E-state index contributed by atoms with van der Waals surface area (Å²) in [6.45, 7) is 0. The summed E-state index contributed by atoms with van der Waals surface area (Å²) in [7, 11) is 1.54. The summed E-state index contributed by atoms with van der Waals surface area (Å²) in [5.74, 6) is -0.251. The molecule has 1 N–H and O–H groups in total. The molecule has 0 aromatic heterocycles. The molecule has 0 saturated carbocycles. The Bertz CT molecular complexity index is 525. The fourth-order valence-corrected chi connectivity index (χ4v) is 2.73. The Morgan fingerprint density at radius 3 is 2.72 bits per heavy atom. The van der Waals surface area contributed by atoms with Crippen molar-refractivity contribution in [1.82, 2.24) is 4.90 Å². The Kier molecular flexibility index (Phi) is 2.58. The van der Waals surface area contributed by atoms with Crippen LogP contribution in [0.1, 0.15) is 24.0 Å². The molecule has 1 saturated heterocycles. The zero-order valence-corrected chi connectivity index (χ0v) is 10.4. The molecule has 3 rings (SSSR count). The number of amides is 2. The van der Waals surface area contributed by atoms with E-state index < -0.39 is 6.04 Å². The van der Waals surface area contributed by atoms with Crippen LogP contribution in [0.3, 0.4) is 0 Å². The number of carbonyl (C=O) groups is 2. The average molecular weight is 244 g/mol. The SMILES string of the molecule is CN1C(=O)C[C@@H](Nc2ccc3c(c2)CCC3)C1=O. The first-order valence-corrected chi connectivity index (χ1v) is 6.34. The number of imide groups is 1. The topological polar surface area (TPSA) is 49.4 Å². The number of hydrogen-bond acceptors (Lipinski definition) is 3. The number of anilines is 1. The molecule has 1 atom stereocenters. The van der Waals surface area contributed by atoms with Gasteiger partial charge in [0, 0.05) is 12.7 Å². The van der Waals surface area contributed by atoms with Crippen LogP contribution in [0, 0.1) is 0 Å². The molecule has 1 aromatic rings. The van der Waals surface area contributed by atoms with Crippen LogP contribution in [-0.2, 0) is 22.4 Å². The van der Waals surface area contributed by atoms with E-state index in [1.165, 1.54) is 29.5 Å². The first-order chi connectivity index (χ1) is 8.65. The molecule has 2 aliphatic rings. The second-order valence-corrected chi connectivity index (χ2v) is 5.03. The number of likely N-dealkylation sites (N-methyl/N-ethyl adjacent to an activating group) is 1. The number of rotatable bonds is 2. The zero-order valence-electron chi connectivity index (χ0n) is 10.4. The first kappa shape index (κ1) is 11.3. The molecular weight excluding hydrogens is 228 g/mol. The predicted molar refractivity (Wildman–Crippen MR) is 68.3 cm³/mol. The van der Waals surface area contributed by atoms with Crippen LogP contribution in [0.15, 0.2) is 18.2 Å². The van der Waals surface area contributed by atoms with E-state index in [2.05, 4.69) is 17.4 Å². The second kappa shape index (κ2) is 4.12. The van der Waals surface area contributed by atoms with Crippen LogP contribution >= 0.6 is 0 Å². The van der Waals surface area contributed by atoms with Crippen LogP contribution in [0.5, 0.6) is 0 Å². The molecule has 0 spiro atoms. The fourth-order valence-electron chi connectivity index (χ4n) is 2.73. The number of benzene rings is 1. The van der Waals surface area contributed by atoms with Gasteiger partial charge in [-0.05, 0) is 42.5 Å². The van der Waals surface area contributed by atoms with Crippen molar-refractivity contribution >= 4 is 17.5 Å². The number of aryl methyl sites for hydroxylation is 2. The molecule has 4 nitrogen and oxygen atoms in total. The lowest BCUT2D eigenvalue weighted by Crippen LogP contribution is -2.31. The maximum absolute atomic E-state index is 11.8. The summed E-state index contributed by atoms with van der Waals surface area (Å²) in [5, 5.41) is 3.17. The van der Waals surface area contributed by atoms with E-state index in [4.69, 9.17) is 0 Å². The van der Waals surface area contributed by atoms with Crippen LogP contribution in [-0.4, -0.2) is 29.8 Å². The average Bonchev–Trinajstić information content (AvgIpc) is 2.91. The van der Waals surface area contributed by atoms with Crippen molar-refractivity contribution in [1.29, 1.82) is 0 Å². The largest absolute Gasteiger partial charge is 0.373 e. The lowest BCUT2D eigenvalue weighted by Gasteiger charge is -2.13. The van der Waals surface area contributed by atoms with Gasteiger partial charge < -0.3 is 5.32 Å². The van der Waals surface area contributed by atoms with Crippen molar-refractivity contribution in [2.45, 2.75) is 31.7 Å². The van der Waals surface area contributed by atoms with E-state index in [0.29, 0.717) is 0 Å². The number of fused-ring (bicyclic) bond motifs is 1. The molecule has 2 amide bonds. The number of likely N-dealkylation sites (tertiary alicyclic amines) is 1. The predicted octanol–water partition coefficient (Wildman–Crippen LogP) is 1.34. The van der Waals surface area contributed by atoms with E-state index >= 15 is 0 Å². The van der Waals surface area contributed by atoms with Crippen LogP contribution in [0.2, 0.25) is 0 Å². The third-order valence-electron chi connectivity index (χ3n) is 3.82. The Balaban J connectivity index is 1.77. The highest BCUT2D eigenvalue weighted by atomic mass is 16.2. The Labute approximate surface area is 106 Å². The van der Waals surface area contributed by atoms with Crippen molar-refractivity contribution in [3.8, 4) is 0 Å². The van der Waals surface area contributed by atoms with Gasteiger partial charge in [0.15, 0.2) is 0 Å². The summed E-state index contributed by atoms with van der Waals surface area (Å²) < 4.78 is 0. The molecule has 1 aliphatic heterocycles. The monoisotopic (exact) mass is 244 g/mol. The number of carbonyl (C=O) groups excluding carboxylic acids is 2. The summed E-state index contributed by atoms with van der Waals surface area (Å²) in [6, 6.07) is 5.83. The Morgan fingerprint density at radius 2 is 2.00 bits per heavy atom. The van der Waals surface area contributed by atoms with Crippen LogP contribution in [0.25, 0.3) is 0 Å². The van der Waals surface area contributed by atoms with Gasteiger partial charge in [-0.15, -0.1) is 0 Å². The van der Waals surface area contributed by atoms with E-state index in [0.717, 1.165) is 18.5 Å². The molecule has 94 valence electrons. The molecule has 1 aromatic carbocycles. The van der Waals surface area contributed by atoms with Crippen LogP contribution < -0.4 is 5.32 Å². The fraction of sp³-hybridized carbons (Fsp3) is 0.429. The standard InChI is InChI=1S/C14H16N2O2/c1-16-13(17)8-12(14(16)18)15-11-6-5-9-3-2-4-10(9)7-11/h5-7,12,15H,2-4,8H2,1H3/t12-/m1/s1. The minimum absolute atomic E-state index is 0.112. The Hall–Kier alpha value is -1.84. The molecule has 1 aliphatic carbocycles. The molecule has 0 unspecified atom stereocenters. The quantitative estimate of drug-likeness (QED) is 0.799. The van der Waals surface area contributed by atoms with Gasteiger partial charge in [0.2, 0.25) is 5.91 Å². The van der Waals surface area contributed by atoms with E-state index in [9.17, 15) is 9.59 Å².